The second-order valence-corrected chi connectivity index (χ2v) is 7.02. The van der Waals surface area contributed by atoms with E-state index < -0.39 is 0 Å². The van der Waals surface area contributed by atoms with Gasteiger partial charge in [-0.15, -0.1) is 16.4 Å². The van der Waals surface area contributed by atoms with Crippen molar-refractivity contribution in [2.45, 2.75) is 6.92 Å². The maximum atomic E-state index is 5.35. The molecule has 0 spiro atoms. The zero-order valence-electron chi connectivity index (χ0n) is 14.7. The van der Waals surface area contributed by atoms with Gasteiger partial charge in [0.1, 0.15) is 5.69 Å². The summed E-state index contributed by atoms with van der Waals surface area (Å²) in [5.74, 6) is 2.07. The van der Waals surface area contributed by atoms with E-state index in [2.05, 4.69) is 29.4 Å². The Balaban J connectivity index is 1.69. The summed E-state index contributed by atoms with van der Waals surface area (Å²) in [6.45, 7) is 2.09. The van der Waals surface area contributed by atoms with E-state index in [9.17, 15) is 0 Å². The van der Waals surface area contributed by atoms with Crippen molar-refractivity contribution in [2.75, 3.05) is 19.5 Å². The lowest BCUT2D eigenvalue weighted by molar-refractivity contribution is 0.355. The lowest BCUT2D eigenvalue weighted by Gasteiger charge is -2.11. The molecule has 3 heterocycles. The molecule has 4 aromatic rings. The molecule has 3 aromatic heterocycles. The third-order valence-corrected chi connectivity index (χ3v) is 5.03. The maximum absolute atomic E-state index is 5.35. The molecule has 0 amide bonds. The van der Waals surface area contributed by atoms with Crippen LogP contribution in [0.3, 0.4) is 0 Å². The number of fused-ring (bicyclic) bond motifs is 1. The fraction of sp³-hybridized carbons (Fsp3) is 0.158. The summed E-state index contributed by atoms with van der Waals surface area (Å²) in [6.07, 6.45) is 1.85. The summed E-state index contributed by atoms with van der Waals surface area (Å²) in [5.41, 5.74) is 2.65. The molecule has 0 unspecified atom stereocenters. The number of methoxy groups -OCH3 is 2. The molecule has 4 rings (SSSR count). The molecule has 1 aromatic carbocycles. The topological polar surface area (TPSA) is 60.7 Å². The molecular formula is C19H18N4O2S. The zero-order chi connectivity index (χ0) is 18.1. The number of thiophene rings is 1. The number of ether oxygens (including phenoxy) is 2. The number of aromatic nitrogens is 3. The minimum atomic E-state index is 0.663. The highest BCUT2D eigenvalue weighted by atomic mass is 32.1. The Bertz CT molecular complexity index is 1070. The predicted octanol–water partition coefficient (Wildman–Crippen LogP) is 4.53. The van der Waals surface area contributed by atoms with E-state index in [0.29, 0.717) is 11.5 Å². The van der Waals surface area contributed by atoms with Crippen LogP contribution in [0.1, 0.15) is 4.88 Å². The molecule has 26 heavy (non-hydrogen) atoms. The van der Waals surface area contributed by atoms with Gasteiger partial charge in [0.25, 0.3) is 0 Å². The molecule has 6 nitrogen and oxygen atoms in total. The number of benzene rings is 1. The molecule has 7 heteroatoms. The number of nitrogens with zero attached hydrogens (tertiary/aromatic N) is 3. The summed E-state index contributed by atoms with van der Waals surface area (Å²) in [5, 5.41) is 8.00. The standard InChI is InChI=1S/C19H18N4O2S/c1-12-4-7-17(26-12)14-11-20-19-9-8-18(22-23(14)19)21-13-5-6-15(24-2)16(10-13)25-3/h4-11H,1-3H3,(H,21,22). The molecule has 0 aliphatic heterocycles. The van der Waals surface area contributed by atoms with Crippen LogP contribution in [0.25, 0.3) is 16.2 Å². The van der Waals surface area contributed by atoms with Crippen molar-refractivity contribution in [1.82, 2.24) is 14.6 Å². The quantitative estimate of drug-likeness (QED) is 0.562. The van der Waals surface area contributed by atoms with Crippen molar-refractivity contribution in [1.29, 1.82) is 0 Å². The van der Waals surface area contributed by atoms with Crippen LogP contribution in [0.15, 0.2) is 48.7 Å². The molecule has 1 N–H and O–H groups in total. The van der Waals surface area contributed by atoms with Crippen molar-refractivity contribution in [3.05, 3.63) is 53.5 Å². The molecule has 0 bridgehead atoms. The Hall–Kier alpha value is -3.06. The maximum Gasteiger partial charge on any atom is 0.162 e. The average molecular weight is 366 g/mol. The van der Waals surface area contributed by atoms with Crippen molar-refractivity contribution in [3.8, 4) is 22.1 Å². The monoisotopic (exact) mass is 366 g/mol. The van der Waals surface area contributed by atoms with Gasteiger partial charge in [-0.3, -0.25) is 0 Å². The largest absolute Gasteiger partial charge is 0.493 e. The van der Waals surface area contributed by atoms with Gasteiger partial charge in [0.05, 0.1) is 25.3 Å². The molecule has 0 aliphatic rings. The van der Waals surface area contributed by atoms with Gasteiger partial charge in [-0.2, -0.15) is 0 Å². The van der Waals surface area contributed by atoms with E-state index in [1.54, 1.807) is 25.6 Å². The van der Waals surface area contributed by atoms with E-state index in [1.165, 1.54) is 4.88 Å². The lowest BCUT2D eigenvalue weighted by atomic mass is 10.2. The number of hydrogen-bond donors (Lipinski definition) is 1. The molecule has 0 saturated heterocycles. The van der Waals surface area contributed by atoms with Gasteiger partial charge in [0, 0.05) is 16.6 Å². The SMILES string of the molecule is COc1ccc(Nc2ccc3ncc(-c4ccc(C)s4)n3n2)cc1OC. The van der Waals surface area contributed by atoms with Crippen LogP contribution in [0.2, 0.25) is 0 Å². The first-order valence-electron chi connectivity index (χ1n) is 8.08. The number of hydrogen-bond acceptors (Lipinski definition) is 6. The molecule has 0 fully saturated rings. The Morgan fingerprint density at radius 1 is 1.00 bits per heavy atom. The summed E-state index contributed by atoms with van der Waals surface area (Å²) < 4.78 is 12.5. The number of aryl methyl sites for hydroxylation is 1. The fourth-order valence-electron chi connectivity index (χ4n) is 2.74. The Labute approximate surface area is 155 Å². The van der Waals surface area contributed by atoms with Crippen LogP contribution in [-0.4, -0.2) is 28.8 Å². The highest BCUT2D eigenvalue weighted by Gasteiger charge is 2.10. The van der Waals surface area contributed by atoms with Crippen LogP contribution in [0.4, 0.5) is 11.5 Å². The molecular weight excluding hydrogens is 348 g/mol. The normalized spacial score (nSPS) is 10.9. The van der Waals surface area contributed by atoms with E-state index >= 15 is 0 Å². The molecule has 0 aliphatic carbocycles. The third-order valence-electron chi connectivity index (χ3n) is 4.01. The van der Waals surface area contributed by atoms with E-state index in [-0.39, 0.29) is 0 Å². The van der Waals surface area contributed by atoms with Crippen molar-refractivity contribution in [3.63, 3.8) is 0 Å². The second kappa shape index (κ2) is 6.68. The lowest BCUT2D eigenvalue weighted by Crippen LogP contribution is -2.00. The van der Waals surface area contributed by atoms with Crippen molar-refractivity contribution < 1.29 is 9.47 Å². The Morgan fingerprint density at radius 2 is 1.85 bits per heavy atom. The number of anilines is 2. The average Bonchev–Trinajstić information content (AvgIpc) is 3.27. The van der Waals surface area contributed by atoms with Gasteiger partial charge in [-0.05, 0) is 43.3 Å². The van der Waals surface area contributed by atoms with Gasteiger partial charge in [-0.25, -0.2) is 9.50 Å². The van der Waals surface area contributed by atoms with Crippen molar-refractivity contribution in [2.24, 2.45) is 0 Å². The van der Waals surface area contributed by atoms with E-state index in [1.807, 2.05) is 41.0 Å². The Morgan fingerprint density at radius 3 is 2.58 bits per heavy atom. The zero-order valence-corrected chi connectivity index (χ0v) is 15.5. The summed E-state index contributed by atoms with van der Waals surface area (Å²) in [7, 11) is 3.24. The summed E-state index contributed by atoms with van der Waals surface area (Å²) in [4.78, 5) is 6.85. The van der Waals surface area contributed by atoms with Gasteiger partial charge in [0.2, 0.25) is 0 Å². The minimum absolute atomic E-state index is 0.663. The first-order chi connectivity index (χ1) is 12.7. The highest BCUT2D eigenvalue weighted by molar-refractivity contribution is 7.15. The van der Waals surface area contributed by atoms with Crippen LogP contribution in [-0.2, 0) is 0 Å². The molecule has 0 saturated carbocycles. The smallest absolute Gasteiger partial charge is 0.162 e. The van der Waals surface area contributed by atoms with E-state index in [0.717, 1.165) is 27.7 Å². The van der Waals surface area contributed by atoms with Crippen LogP contribution >= 0.6 is 11.3 Å². The first kappa shape index (κ1) is 16.4. The minimum Gasteiger partial charge on any atom is -0.493 e. The highest BCUT2D eigenvalue weighted by Crippen LogP contribution is 2.31. The molecule has 0 atom stereocenters. The Kier molecular flexibility index (Phi) is 4.22. The first-order valence-corrected chi connectivity index (χ1v) is 8.90. The van der Waals surface area contributed by atoms with Crippen LogP contribution < -0.4 is 14.8 Å². The van der Waals surface area contributed by atoms with Gasteiger partial charge in [0.15, 0.2) is 23.0 Å². The van der Waals surface area contributed by atoms with Crippen molar-refractivity contribution >= 4 is 28.5 Å². The van der Waals surface area contributed by atoms with Crippen LogP contribution in [0.5, 0.6) is 11.5 Å². The predicted molar refractivity (Wildman–Crippen MR) is 104 cm³/mol. The van der Waals surface area contributed by atoms with Crippen LogP contribution in [0, 0.1) is 6.92 Å². The third kappa shape index (κ3) is 2.97. The molecule has 132 valence electrons. The molecule has 0 radical (unpaired) electrons. The number of rotatable bonds is 5. The second-order valence-electron chi connectivity index (χ2n) is 5.74. The van der Waals surface area contributed by atoms with Gasteiger partial charge < -0.3 is 14.8 Å². The number of nitrogens with one attached hydrogen (secondary N) is 1. The number of imidazole rings is 1. The fourth-order valence-corrected chi connectivity index (χ4v) is 3.60. The summed E-state index contributed by atoms with van der Waals surface area (Å²) in [6, 6.07) is 13.7. The van der Waals surface area contributed by atoms with Gasteiger partial charge in [-0.1, -0.05) is 0 Å². The summed E-state index contributed by atoms with van der Waals surface area (Å²) >= 11 is 1.73. The van der Waals surface area contributed by atoms with E-state index in [4.69, 9.17) is 14.6 Å². The van der Waals surface area contributed by atoms with Gasteiger partial charge >= 0.3 is 0 Å².